The van der Waals surface area contributed by atoms with Crippen LogP contribution in [0.25, 0.3) is 21.7 Å². The minimum Gasteiger partial charge on any atom is -0.357 e. The molecule has 6 nitrogen and oxygen atoms in total. The Hall–Kier alpha value is -3.19. The van der Waals surface area contributed by atoms with Crippen LogP contribution in [0.5, 0.6) is 0 Å². The van der Waals surface area contributed by atoms with Crippen molar-refractivity contribution >= 4 is 39.8 Å². The minimum atomic E-state index is -0.169. The number of thiophene rings is 1. The van der Waals surface area contributed by atoms with E-state index in [1.807, 2.05) is 47.8 Å². The monoisotopic (exact) mass is 389 g/mol. The number of nitrogens with one attached hydrogen (secondary N) is 2. The number of nitrogens with zero attached hydrogens (tertiary/aromatic N) is 3. The number of carbonyl (C=O) groups excluding carboxylic acids is 1. The number of fused-ring (bicyclic) bond motifs is 1. The molecule has 1 aliphatic heterocycles. The number of rotatable bonds is 4. The molecule has 1 amide bonds. The maximum Gasteiger partial charge on any atom is 0.257 e. The summed E-state index contributed by atoms with van der Waals surface area (Å²) in [5.41, 5.74) is 3.04. The number of aromatic amines is 1. The molecule has 0 aliphatic carbocycles. The van der Waals surface area contributed by atoms with Crippen molar-refractivity contribution in [3.8, 4) is 10.7 Å². The highest BCUT2D eigenvalue weighted by Crippen LogP contribution is 2.26. The zero-order valence-corrected chi connectivity index (χ0v) is 16.0. The quantitative estimate of drug-likeness (QED) is 0.537. The van der Waals surface area contributed by atoms with Gasteiger partial charge in [0.05, 0.1) is 21.5 Å². The lowest BCUT2D eigenvalue weighted by atomic mass is 10.2. The highest BCUT2D eigenvalue weighted by atomic mass is 32.1. The fourth-order valence-electron chi connectivity index (χ4n) is 3.47. The van der Waals surface area contributed by atoms with Crippen molar-refractivity contribution in [3.05, 3.63) is 59.6 Å². The zero-order chi connectivity index (χ0) is 18.9. The summed E-state index contributed by atoms with van der Waals surface area (Å²) in [6.45, 7) is 2.08. The van der Waals surface area contributed by atoms with Gasteiger partial charge in [-0.15, -0.1) is 11.3 Å². The third-order valence-corrected chi connectivity index (χ3v) is 5.81. The molecular weight excluding hydrogens is 370 g/mol. The van der Waals surface area contributed by atoms with E-state index in [0.29, 0.717) is 5.56 Å². The van der Waals surface area contributed by atoms with Crippen molar-refractivity contribution in [1.82, 2.24) is 15.0 Å². The molecule has 5 rings (SSSR count). The van der Waals surface area contributed by atoms with E-state index in [1.165, 1.54) is 12.8 Å². The number of H-pyrrole nitrogens is 1. The van der Waals surface area contributed by atoms with Crippen LogP contribution in [0.15, 0.2) is 54.0 Å². The topological polar surface area (TPSA) is 73.9 Å². The molecule has 0 spiro atoms. The van der Waals surface area contributed by atoms with Crippen LogP contribution in [-0.4, -0.2) is 33.9 Å². The number of imidazole rings is 1. The molecular formula is C21H19N5OS. The molecule has 4 aromatic rings. The van der Waals surface area contributed by atoms with Gasteiger partial charge in [-0.2, -0.15) is 0 Å². The van der Waals surface area contributed by atoms with Crippen molar-refractivity contribution in [2.45, 2.75) is 12.8 Å². The van der Waals surface area contributed by atoms with Crippen LogP contribution in [0, 0.1) is 0 Å². The molecule has 1 aromatic carbocycles. The lowest BCUT2D eigenvalue weighted by Crippen LogP contribution is -2.19. The second kappa shape index (κ2) is 7.09. The highest BCUT2D eigenvalue weighted by molar-refractivity contribution is 7.13. The number of hydrogen-bond acceptors (Lipinski definition) is 5. The molecule has 7 heteroatoms. The van der Waals surface area contributed by atoms with Gasteiger partial charge in [0, 0.05) is 25.0 Å². The second-order valence-electron chi connectivity index (χ2n) is 6.85. The fourth-order valence-corrected chi connectivity index (χ4v) is 4.14. The fraction of sp³-hybridized carbons (Fsp3) is 0.190. The summed E-state index contributed by atoms with van der Waals surface area (Å²) in [6.07, 6.45) is 4.05. The SMILES string of the molecule is O=C(Nc1ccc2nc(-c3cccs3)[nH]c2c1)c1ccc(N2CCCC2)nc1. The number of amides is 1. The zero-order valence-electron chi connectivity index (χ0n) is 15.2. The largest absolute Gasteiger partial charge is 0.357 e. The maximum atomic E-state index is 12.6. The van der Waals surface area contributed by atoms with Gasteiger partial charge in [0.1, 0.15) is 11.6 Å². The number of benzene rings is 1. The Bertz CT molecular complexity index is 1110. The Morgan fingerprint density at radius 3 is 2.79 bits per heavy atom. The van der Waals surface area contributed by atoms with Crippen molar-refractivity contribution < 1.29 is 4.79 Å². The summed E-state index contributed by atoms with van der Waals surface area (Å²) >= 11 is 1.64. The van der Waals surface area contributed by atoms with E-state index in [9.17, 15) is 4.79 Å². The number of carbonyl (C=O) groups is 1. The second-order valence-corrected chi connectivity index (χ2v) is 7.80. The number of aromatic nitrogens is 3. The first-order valence-corrected chi connectivity index (χ1v) is 10.2. The molecule has 3 aromatic heterocycles. The summed E-state index contributed by atoms with van der Waals surface area (Å²) in [6, 6.07) is 13.5. The standard InChI is InChI=1S/C21H19N5OS/c27-21(14-5-8-19(22-13-14)26-9-1-2-10-26)23-15-6-7-16-17(12-15)25-20(24-16)18-4-3-11-28-18/h3-8,11-13H,1-2,9-10H2,(H,23,27)(H,24,25). The molecule has 0 atom stereocenters. The van der Waals surface area contributed by atoms with E-state index in [-0.39, 0.29) is 5.91 Å². The minimum absolute atomic E-state index is 0.169. The first-order chi connectivity index (χ1) is 13.8. The summed E-state index contributed by atoms with van der Waals surface area (Å²) in [7, 11) is 0. The molecule has 140 valence electrons. The van der Waals surface area contributed by atoms with Gasteiger partial charge in [0.2, 0.25) is 0 Å². The van der Waals surface area contributed by atoms with E-state index in [4.69, 9.17) is 0 Å². The van der Waals surface area contributed by atoms with Crippen LogP contribution in [0.4, 0.5) is 11.5 Å². The molecule has 1 fully saturated rings. The Kier molecular flexibility index (Phi) is 4.29. The van der Waals surface area contributed by atoms with Gasteiger partial charge < -0.3 is 15.2 Å². The van der Waals surface area contributed by atoms with Crippen LogP contribution in [0.3, 0.4) is 0 Å². The predicted molar refractivity (Wildman–Crippen MR) is 113 cm³/mol. The van der Waals surface area contributed by atoms with Crippen molar-refractivity contribution in [2.24, 2.45) is 0 Å². The molecule has 2 N–H and O–H groups in total. The van der Waals surface area contributed by atoms with E-state index >= 15 is 0 Å². The van der Waals surface area contributed by atoms with Crippen LogP contribution in [0.1, 0.15) is 23.2 Å². The molecule has 4 heterocycles. The van der Waals surface area contributed by atoms with Gasteiger partial charge in [0.15, 0.2) is 0 Å². The normalized spacial score (nSPS) is 13.9. The average Bonchev–Trinajstić information content (AvgIpc) is 3.48. The molecule has 0 saturated carbocycles. The highest BCUT2D eigenvalue weighted by Gasteiger charge is 2.15. The van der Waals surface area contributed by atoms with Gasteiger partial charge >= 0.3 is 0 Å². The van der Waals surface area contributed by atoms with Gasteiger partial charge in [0.25, 0.3) is 5.91 Å². The summed E-state index contributed by atoms with van der Waals surface area (Å²) in [4.78, 5) is 28.3. The summed E-state index contributed by atoms with van der Waals surface area (Å²) < 4.78 is 0. The first kappa shape index (κ1) is 16.9. The molecule has 0 unspecified atom stereocenters. The van der Waals surface area contributed by atoms with E-state index in [1.54, 1.807) is 17.5 Å². The van der Waals surface area contributed by atoms with Crippen molar-refractivity contribution in [2.75, 3.05) is 23.3 Å². The Balaban J connectivity index is 1.33. The summed E-state index contributed by atoms with van der Waals surface area (Å²) in [5, 5.41) is 4.97. The average molecular weight is 389 g/mol. The van der Waals surface area contributed by atoms with Crippen molar-refractivity contribution in [3.63, 3.8) is 0 Å². The first-order valence-electron chi connectivity index (χ1n) is 9.32. The molecule has 0 bridgehead atoms. The van der Waals surface area contributed by atoms with E-state index in [2.05, 4.69) is 25.2 Å². The van der Waals surface area contributed by atoms with Crippen molar-refractivity contribution in [1.29, 1.82) is 0 Å². The number of pyridine rings is 1. The van der Waals surface area contributed by atoms with Crippen LogP contribution >= 0.6 is 11.3 Å². The maximum absolute atomic E-state index is 12.6. The number of hydrogen-bond donors (Lipinski definition) is 2. The lowest BCUT2D eigenvalue weighted by Gasteiger charge is -2.16. The van der Waals surface area contributed by atoms with E-state index < -0.39 is 0 Å². The van der Waals surface area contributed by atoms with E-state index in [0.717, 1.165) is 46.3 Å². The third-order valence-electron chi connectivity index (χ3n) is 4.93. The Labute approximate surface area is 166 Å². The lowest BCUT2D eigenvalue weighted by molar-refractivity contribution is 0.102. The van der Waals surface area contributed by atoms with Gasteiger partial charge in [-0.3, -0.25) is 4.79 Å². The molecule has 0 radical (unpaired) electrons. The Morgan fingerprint density at radius 1 is 1.14 bits per heavy atom. The van der Waals surface area contributed by atoms with Gasteiger partial charge in [-0.05, 0) is 54.6 Å². The van der Waals surface area contributed by atoms with Gasteiger partial charge in [-0.1, -0.05) is 6.07 Å². The number of anilines is 2. The molecule has 1 aliphatic rings. The van der Waals surface area contributed by atoms with Crippen LogP contribution < -0.4 is 10.2 Å². The van der Waals surface area contributed by atoms with Gasteiger partial charge in [-0.25, -0.2) is 9.97 Å². The Morgan fingerprint density at radius 2 is 2.04 bits per heavy atom. The molecule has 1 saturated heterocycles. The third kappa shape index (κ3) is 3.25. The van der Waals surface area contributed by atoms with Crippen LogP contribution in [0.2, 0.25) is 0 Å². The molecule has 28 heavy (non-hydrogen) atoms. The summed E-state index contributed by atoms with van der Waals surface area (Å²) in [5.74, 6) is 1.61. The van der Waals surface area contributed by atoms with Crippen LogP contribution in [-0.2, 0) is 0 Å². The smallest absolute Gasteiger partial charge is 0.257 e. The predicted octanol–water partition coefficient (Wildman–Crippen LogP) is 4.54.